The van der Waals surface area contributed by atoms with Crippen molar-refractivity contribution in [2.24, 2.45) is 17.4 Å². The van der Waals surface area contributed by atoms with Crippen LogP contribution in [0.2, 0.25) is 0 Å². The van der Waals surface area contributed by atoms with Gasteiger partial charge in [0.15, 0.2) is 0 Å². The average molecular weight is 227 g/mol. The molecule has 0 saturated carbocycles. The van der Waals surface area contributed by atoms with Crippen molar-refractivity contribution in [3.63, 3.8) is 0 Å². The Balaban J connectivity index is 2.37. The number of hydrogen-bond acceptors (Lipinski definition) is 3. The van der Waals surface area contributed by atoms with Crippen molar-refractivity contribution >= 4 is 11.8 Å². The van der Waals surface area contributed by atoms with Crippen molar-refractivity contribution in [3.8, 4) is 0 Å². The first-order chi connectivity index (χ1) is 7.54. The molecule has 4 N–H and O–H groups in total. The molecule has 1 atom stereocenters. The number of amides is 2. The van der Waals surface area contributed by atoms with E-state index < -0.39 is 0 Å². The van der Waals surface area contributed by atoms with Crippen LogP contribution in [-0.4, -0.2) is 35.8 Å². The molecule has 5 heteroatoms. The van der Waals surface area contributed by atoms with Crippen LogP contribution in [0.4, 0.5) is 0 Å². The molecule has 0 aromatic rings. The molecular weight excluding hydrogens is 206 g/mol. The van der Waals surface area contributed by atoms with Crippen LogP contribution in [-0.2, 0) is 9.59 Å². The molecule has 0 bridgehead atoms. The van der Waals surface area contributed by atoms with Gasteiger partial charge in [0.2, 0.25) is 11.8 Å². The SMILES string of the molecule is CC[C@H](N)C(=O)N1CCC(CC(N)=O)CC1. The molecule has 0 radical (unpaired) electrons. The van der Waals surface area contributed by atoms with Gasteiger partial charge in [-0.1, -0.05) is 6.92 Å². The predicted octanol–water partition coefficient (Wildman–Crippen LogP) is -0.162. The second-order valence-corrected chi connectivity index (χ2v) is 4.45. The molecule has 1 aliphatic heterocycles. The first-order valence-electron chi connectivity index (χ1n) is 5.87. The van der Waals surface area contributed by atoms with E-state index in [2.05, 4.69) is 0 Å². The Hall–Kier alpha value is -1.10. The van der Waals surface area contributed by atoms with Gasteiger partial charge in [0, 0.05) is 19.5 Å². The number of hydrogen-bond donors (Lipinski definition) is 2. The second-order valence-electron chi connectivity index (χ2n) is 4.45. The van der Waals surface area contributed by atoms with Crippen molar-refractivity contribution in [1.82, 2.24) is 4.90 Å². The van der Waals surface area contributed by atoms with Gasteiger partial charge in [0.25, 0.3) is 0 Å². The van der Waals surface area contributed by atoms with E-state index in [1.54, 1.807) is 4.90 Å². The molecule has 1 saturated heterocycles. The molecule has 5 nitrogen and oxygen atoms in total. The normalized spacial score (nSPS) is 19.5. The van der Waals surface area contributed by atoms with Crippen molar-refractivity contribution in [3.05, 3.63) is 0 Å². The van der Waals surface area contributed by atoms with Gasteiger partial charge in [-0.2, -0.15) is 0 Å². The number of rotatable bonds is 4. The highest BCUT2D eigenvalue weighted by molar-refractivity contribution is 5.81. The molecule has 1 fully saturated rings. The lowest BCUT2D eigenvalue weighted by Crippen LogP contribution is -2.47. The fourth-order valence-corrected chi connectivity index (χ4v) is 2.05. The molecule has 1 aliphatic rings. The standard InChI is InChI=1S/C11H21N3O2/c1-2-9(12)11(16)14-5-3-8(4-6-14)7-10(13)15/h8-9H,2-7,12H2,1H3,(H2,13,15)/t9-/m0/s1. The quantitative estimate of drug-likeness (QED) is 0.699. The number of carbonyl (C=O) groups is 2. The Bertz CT molecular complexity index is 260. The molecule has 0 aromatic carbocycles. The summed E-state index contributed by atoms with van der Waals surface area (Å²) in [4.78, 5) is 24.3. The van der Waals surface area contributed by atoms with Gasteiger partial charge in [0.1, 0.15) is 0 Å². The third kappa shape index (κ3) is 3.48. The Morgan fingerprint density at radius 1 is 1.38 bits per heavy atom. The first kappa shape index (κ1) is 13.0. The second kappa shape index (κ2) is 5.84. The Kier molecular flexibility index (Phi) is 4.73. The lowest BCUT2D eigenvalue weighted by molar-refractivity contribution is -0.134. The van der Waals surface area contributed by atoms with E-state index in [9.17, 15) is 9.59 Å². The number of piperidine rings is 1. The van der Waals surface area contributed by atoms with Gasteiger partial charge in [-0.25, -0.2) is 0 Å². The smallest absolute Gasteiger partial charge is 0.239 e. The number of nitrogens with two attached hydrogens (primary N) is 2. The van der Waals surface area contributed by atoms with Gasteiger partial charge < -0.3 is 16.4 Å². The van der Waals surface area contributed by atoms with Crippen molar-refractivity contribution in [2.75, 3.05) is 13.1 Å². The Morgan fingerprint density at radius 2 is 1.94 bits per heavy atom. The summed E-state index contributed by atoms with van der Waals surface area (Å²) in [5.74, 6) is 0.106. The minimum atomic E-state index is -0.382. The highest BCUT2D eigenvalue weighted by Gasteiger charge is 2.25. The van der Waals surface area contributed by atoms with E-state index in [0.717, 1.165) is 12.8 Å². The molecule has 2 amide bonds. The third-order valence-electron chi connectivity index (χ3n) is 3.17. The van der Waals surface area contributed by atoms with Crippen molar-refractivity contribution in [2.45, 2.75) is 38.6 Å². The number of carbonyl (C=O) groups excluding carboxylic acids is 2. The summed E-state index contributed by atoms with van der Waals surface area (Å²) in [6, 6.07) is -0.382. The minimum Gasteiger partial charge on any atom is -0.370 e. The molecule has 0 aromatic heterocycles. The Morgan fingerprint density at radius 3 is 2.38 bits per heavy atom. The molecule has 16 heavy (non-hydrogen) atoms. The van der Waals surface area contributed by atoms with E-state index in [1.165, 1.54) is 0 Å². The van der Waals surface area contributed by atoms with Gasteiger partial charge in [0.05, 0.1) is 6.04 Å². The summed E-state index contributed by atoms with van der Waals surface area (Å²) in [7, 11) is 0. The maximum Gasteiger partial charge on any atom is 0.239 e. The predicted molar refractivity (Wildman–Crippen MR) is 61.4 cm³/mol. The fraction of sp³-hybridized carbons (Fsp3) is 0.818. The fourth-order valence-electron chi connectivity index (χ4n) is 2.05. The lowest BCUT2D eigenvalue weighted by Gasteiger charge is -2.32. The number of likely N-dealkylation sites (tertiary alicyclic amines) is 1. The lowest BCUT2D eigenvalue weighted by atomic mass is 9.93. The van der Waals surface area contributed by atoms with Crippen LogP contribution in [0.25, 0.3) is 0 Å². The first-order valence-corrected chi connectivity index (χ1v) is 5.87. The molecule has 1 heterocycles. The summed E-state index contributed by atoms with van der Waals surface area (Å²) in [6.07, 6.45) is 2.80. The van der Waals surface area contributed by atoms with Crippen molar-refractivity contribution < 1.29 is 9.59 Å². The maximum absolute atomic E-state index is 11.8. The molecule has 0 aliphatic carbocycles. The minimum absolute atomic E-state index is 0.0278. The molecule has 1 rings (SSSR count). The van der Waals surface area contributed by atoms with E-state index in [4.69, 9.17) is 11.5 Å². The number of primary amides is 1. The van der Waals surface area contributed by atoms with Gasteiger partial charge in [-0.05, 0) is 25.2 Å². The summed E-state index contributed by atoms with van der Waals surface area (Å²) >= 11 is 0. The van der Waals surface area contributed by atoms with Crippen LogP contribution in [0.3, 0.4) is 0 Å². The van der Waals surface area contributed by atoms with E-state index >= 15 is 0 Å². The van der Waals surface area contributed by atoms with Crippen LogP contribution in [0.15, 0.2) is 0 Å². The Labute approximate surface area is 96.1 Å². The zero-order valence-electron chi connectivity index (χ0n) is 9.82. The van der Waals surface area contributed by atoms with Crippen LogP contribution in [0.1, 0.15) is 32.6 Å². The summed E-state index contributed by atoms with van der Waals surface area (Å²) < 4.78 is 0. The highest BCUT2D eigenvalue weighted by atomic mass is 16.2. The van der Waals surface area contributed by atoms with Crippen molar-refractivity contribution in [1.29, 1.82) is 0 Å². The third-order valence-corrected chi connectivity index (χ3v) is 3.17. The average Bonchev–Trinajstić information content (AvgIpc) is 2.27. The van der Waals surface area contributed by atoms with E-state index in [1.807, 2.05) is 6.92 Å². The zero-order chi connectivity index (χ0) is 12.1. The largest absolute Gasteiger partial charge is 0.370 e. The van der Waals surface area contributed by atoms with Gasteiger partial charge >= 0.3 is 0 Å². The summed E-state index contributed by atoms with van der Waals surface area (Å²) in [5.41, 5.74) is 10.8. The van der Waals surface area contributed by atoms with Crippen LogP contribution >= 0.6 is 0 Å². The zero-order valence-corrected chi connectivity index (χ0v) is 9.82. The number of nitrogens with zero attached hydrogens (tertiary/aromatic N) is 1. The molecule has 92 valence electrons. The summed E-state index contributed by atoms with van der Waals surface area (Å²) in [5, 5.41) is 0. The van der Waals surface area contributed by atoms with Gasteiger partial charge in [-0.15, -0.1) is 0 Å². The van der Waals surface area contributed by atoms with Crippen LogP contribution in [0, 0.1) is 5.92 Å². The van der Waals surface area contributed by atoms with E-state index in [-0.39, 0.29) is 17.9 Å². The topological polar surface area (TPSA) is 89.4 Å². The van der Waals surface area contributed by atoms with Crippen LogP contribution in [0.5, 0.6) is 0 Å². The monoisotopic (exact) mass is 227 g/mol. The van der Waals surface area contributed by atoms with Gasteiger partial charge in [-0.3, -0.25) is 9.59 Å². The van der Waals surface area contributed by atoms with Crippen LogP contribution < -0.4 is 11.5 Å². The van der Waals surface area contributed by atoms with E-state index in [0.29, 0.717) is 31.8 Å². The molecular formula is C11H21N3O2. The molecule has 0 spiro atoms. The highest BCUT2D eigenvalue weighted by Crippen LogP contribution is 2.20. The molecule has 0 unspecified atom stereocenters. The maximum atomic E-state index is 11.8. The summed E-state index contributed by atoms with van der Waals surface area (Å²) in [6.45, 7) is 3.30.